The number of halogens is 1. The maximum atomic E-state index is 13.2. The predicted molar refractivity (Wildman–Crippen MR) is 113 cm³/mol. The predicted octanol–water partition coefficient (Wildman–Crippen LogP) is 3.06. The van der Waals surface area contributed by atoms with Crippen LogP contribution in [0, 0.1) is 5.82 Å². The molecule has 29 heavy (non-hydrogen) atoms. The van der Waals surface area contributed by atoms with Crippen molar-refractivity contribution in [2.45, 2.75) is 30.7 Å². The van der Waals surface area contributed by atoms with E-state index in [1.807, 2.05) is 35.2 Å². The van der Waals surface area contributed by atoms with Crippen LogP contribution in [0.4, 0.5) is 4.39 Å². The first-order valence-corrected chi connectivity index (χ1v) is 12.1. The average molecular weight is 433 g/mol. The van der Waals surface area contributed by atoms with E-state index >= 15 is 0 Å². The summed E-state index contributed by atoms with van der Waals surface area (Å²) >= 11 is 1.37. The fraction of sp³-hybridized carbons (Fsp3) is 0.333. The van der Waals surface area contributed by atoms with Crippen molar-refractivity contribution in [3.05, 3.63) is 71.5 Å². The van der Waals surface area contributed by atoms with Crippen molar-refractivity contribution in [2.75, 3.05) is 11.5 Å². The molecule has 2 atom stereocenters. The Labute approximate surface area is 173 Å². The Morgan fingerprint density at radius 2 is 1.79 bits per heavy atom. The smallest absolute Gasteiger partial charge is 0.248 e. The van der Waals surface area contributed by atoms with Crippen molar-refractivity contribution in [2.24, 2.45) is 4.99 Å². The van der Waals surface area contributed by atoms with E-state index in [0.717, 1.165) is 11.1 Å². The number of sulfone groups is 1. The van der Waals surface area contributed by atoms with Gasteiger partial charge in [0.25, 0.3) is 0 Å². The zero-order valence-corrected chi connectivity index (χ0v) is 17.3. The lowest BCUT2D eigenvalue weighted by atomic mass is 10.1. The van der Waals surface area contributed by atoms with Gasteiger partial charge in [-0.1, -0.05) is 54.2 Å². The van der Waals surface area contributed by atoms with Gasteiger partial charge in [-0.05, 0) is 29.7 Å². The van der Waals surface area contributed by atoms with Crippen LogP contribution in [-0.2, 0) is 27.6 Å². The van der Waals surface area contributed by atoms with Crippen LogP contribution in [0.15, 0.2) is 59.6 Å². The summed E-state index contributed by atoms with van der Waals surface area (Å²) in [5.74, 6) is -0.387. The monoisotopic (exact) mass is 432 g/mol. The van der Waals surface area contributed by atoms with Gasteiger partial charge >= 0.3 is 0 Å². The molecule has 4 rings (SSSR count). The zero-order chi connectivity index (χ0) is 20.4. The van der Waals surface area contributed by atoms with Crippen molar-refractivity contribution in [3.63, 3.8) is 0 Å². The molecule has 2 aliphatic rings. The van der Waals surface area contributed by atoms with Crippen molar-refractivity contribution < 1.29 is 17.6 Å². The molecule has 0 N–H and O–H groups in total. The Morgan fingerprint density at radius 1 is 1.07 bits per heavy atom. The zero-order valence-electron chi connectivity index (χ0n) is 15.7. The number of aliphatic imine (C=N–C) groups is 1. The molecule has 0 saturated carbocycles. The lowest BCUT2D eigenvalue weighted by Gasteiger charge is -2.24. The lowest BCUT2D eigenvalue weighted by Crippen LogP contribution is -2.37. The molecule has 2 aromatic carbocycles. The van der Waals surface area contributed by atoms with Crippen LogP contribution < -0.4 is 0 Å². The third kappa shape index (κ3) is 4.87. The quantitative estimate of drug-likeness (QED) is 0.727. The Kier molecular flexibility index (Phi) is 5.74. The van der Waals surface area contributed by atoms with Crippen LogP contribution in [0.3, 0.4) is 0 Å². The molecule has 1 amide bonds. The molecule has 0 bridgehead atoms. The molecule has 5 nitrogen and oxygen atoms in total. The fourth-order valence-corrected chi connectivity index (χ4v) is 7.63. The second kappa shape index (κ2) is 8.28. The minimum atomic E-state index is -3.10. The fourth-order valence-electron chi connectivity index (χ4n) is 3.67. The number of benzene rings is 2. The summed E-state index contributed by atoms with van der Waals surface area (Å²) in [6.45, 7) is 0.398. The highest BCUT2D eigenvalue weighted by Gasteiger charge is 2.48. The lowest BCUT2D eigenvalue weighted by molar-refractivity contribution is -0.117. The van der Waals surface area contributed by atoms with Gasteiger partial charge in [0, 0.05) is 18.2 Å². The molecule has 0 spiro atoms. The minimum Gasteiger partial charge on any atom is -0.342 e. The molecule has 2 fully saturated rings. The summed E-state index contributed by atoms with van der Waals surface area (Å²) in [7, 11) is -3.10. The van der Waals surface area contributed by atoms with Crippen molar-refractivity contribution in [1.29, 1.82) is 0 Å². The van der Waals surface area contributed by atoms with Gasteiger partial charge in [-0.15, -0.1) is 0 Å². The van der Waals surface area contributed by atoms with Gasteiger partial charge in [0.1, 0.15) is 5.82 Å². The molecule has 152 valence electrons. The number of hydrogen-bond donors (Lipinski definition) is 0. The van der Waals surface area contributed by atoms with Gasteiger partial charge < -0.3 is 4.90 Å². The molecule has 2 aromatic rings. The highest BCUT2D eigenvalue weighted by Crippen LogP contribution is 2.39. The van der Waals surface area contributed by atoms with Crippen LogP contribution in [0.5, 0.6) is 0 Å². The van der Waals surface area contributed by atoms with Crippen LogP contribution in [0.25, 0.3) is 0 Å². The summed E-state index contributed by atoms with van der Waals surface area (Å²) in [4.78, 5) is 18.7. The highest BCUT2D eigenvalue weighted by molar-refractivity contribution is 8.15. The Hall–Kier alpha value is -2.19. The normalized spacial score (nSPS) is 24.0. The molecule has 0 aliphatic carbocycles. The number of amidine groups is 1. The third-order valence-electron chi connectivity index (χ3n) is 5.13. The van der Waals surface area contributed by atoms with E-state index in [1.165, 1.54) is 23.9 Å². The maximum absolute atomic E-state index is 13.2. The number of hydrogen-bond acceptors (Lipinski definition) is 4. The first-order chi connectivity index (χ1) is 13.9. The summed E-state index contributed by atoms with van der Waals surface area (Å²) in [5.41, 5.74) is 1.92. The molecule has 0 radical (unpaired) electrons. The molecule has 0 unspecified atom stereocenters. The molecule has 2 aliphatic heterocycles. The number of thioether (sulfide) groups is 1. The molecular formula is C21H21FN2O3S2. The van der Waals surface area contributed by atoms with Crippen LogP contribution in [0.1, 0.15) is 17.5 Å². The van der Waals surface area contributed by atoms with Crippen LogP contribution in [0.2, 0.25) is 0 Å². The number of amides is 1. The third-order valence-corrected chi connectivity index (χ3v) is 8.38. The van der Waals surface area contributed by atoms with E-state index in [9.17, 15) is 17.6 Å². The Balaban J connectivity index is 1.51. The summed E-state index contributed by atoms with van der Waals surface area (Å²) in [6.07, 6.45) is 0.909. The van der Waals surface area contributed by atoms with Gasteiger partial charge in [-0.25, -0.2) is 12.8 Å². The van der Waals surface area contributed by atoms with Crippen LogP contribution >= 0.6 is 11.8 Å². The van der Waals surface area contributed by atoms with Gasteiger partial charge in [-0.3, -0.25) is 4.79 Å². The Morgan fingerprint density at radius 3 is 2.52 bits per heavy atom. The number of carbonyl (C=O) groups is 1. The Bertz CT molecular complexity index is 1020. The van der Waals surface area contributed by atoms with E-state index < -0.39 is 9.84 Å². The number of fused-ring (bicyclic) bond motifs is 1. The van der Waals surface area contributed by atoms with E-state index in [1.54, 1.807) is 12.1 Å². The van der Waals surface area contributed by atoms with Crippen LogP contribution in [-0.4, -0.2) is 47.2 Å². The maximum Gasteiger partial charge on any atom is 0.248 e. The standard InChI is InChI=1S/C21H21FN2O3S2/c22-17-9-6-16(7-10-17)12-24-18-13-29(26,27)14-19(18)28-21(24)23-20(25)11-8-15-4-2-1-3-5-15/h1-7,9-10,18-19H,8,11-14H2/t18-,19+/m1/s1. The largest absolute Gasteiger partial charge is 0.342 e. The van der Waals surface area contributed by atoms with E-state index in [2.05, 4.69) is 4.99 Å². The van der Waals surface area contributed by atoms with Crippen molar-refractivity contribution >= 4 is 32.7 Å². The highest BCUT2D eigenvalue weighted by atomic mass is 32.2. The topological polar surface area (TPSA) is 66.8 Å². The number of carbonyl (C=O) groups excluding carboxylic acids is 1. The first-order valence-electron chi connectivity index (χ1n) is 9.43. The van der Waals surface area contributed by atoms with Gasteiger partial charge in [0.2, 0.25) is 5.91 Å². The first kappa shape index (κ1) is 20.1. The number of aryl methyl sites for hydroxylation is 1. The van der Waals surface area contributed by atoms with Gasteiger partial charge in [0.15, 0.2) is 15.0 Å². The second-order valence-electron chi connectivity index (χ2n) is 7.33. The van der Waals surface area contributed by atoms with E-state index in [0.29, 0.717) is 24.6 Å². The molecular weight excluding hydrogens is 411 g/mol. The van der Waals surface area contributed by atoms with Gasteiger partial charge in [-0.2, -0.15) is 4.99 Å². The van der Waals surface area contributed by atoms with Crippen molar-refractivity contribution in [1.82, 2.24) is 4.90 Å². The SMILES string of the molecule is O=C(CCc1ccccc1)N=C1S[C@H]2CS(=O)(=O)C[C@H]2N1Cc1ccc(F)cc1. The summed E-state index contributed by atoms with van der Waals surface area (Å²) in [6, 6.07) is 15.6. The molecule has 8 heteroatoms. The van der Waals surface area contributed by atoms with Gasteiger partial charge in [0.05, 0.1) is 17.5 Å². The molecule has 2 saturated heterocycles. The molecule has 2 heterocycles. The second-order valence-corrected chi connectivity index (χ2v) is 10.7. The number of nitrogens with zero attached hydrogens (tertiary/aromatic N) is 2. The van der Waals surface area contributed by atoms with E-state index in [-0.39, 0.29) is 34.5 Å². The summed E-state index contributed by atoms with van der Waals surface area (Å²) < 4.78 is 37.4. The average Bonchev–Trinajstić information content (AvgIpc) is 3.15. The number of rotatable bonds is 5. The van der Waals surface area contributed by atoms with Crippen molar-refractivity contribution in [3.8, 4) is 0 Å². The molecule has 0 aromatic heterocycles. The summed E-state index contributed by atoms with van der Waals surface area (Å²) in [5, 5.41) is 0.443. The van der Waals surface area contributed by atoms with E-state index in [4.69, 9.17) is 0 Å². The minimum absolute atomic E-state index is 0.0586.